The number of nitrogens with one attached hydrogen (secondary N) is 1. The van der Waals surface area contributed by atoms with Crippen molar-refractivity contribution in [3.63, 3.8) is 0 Å². The molecule has 14 heavy (non-hydrogen) atoms. The molecule has 1 N–H and O–H groups in total. The summed E-state index contributed by atoms with van der Waals surface area (Å²) >= 11 is 0. The average molecular weight is 198 g/mol. The zero-order valence-electron chi connectivity index (χ0n) is 7.47. The predicted octanol–water partition coefficient (Wildman–Crippen LogP) is 1.69. The molecule has 0 saturated heterocycles. The number of rotatable bonds is 2. The van der Waals surface area contributed by atoms with Crippen molar-refractivity contribution >= 4 is 0 Å². The molecule has 0 aliphatic heterocycles. The molecule has 74 valence electrons. The van der Waals surface area contributed by atoms with Crippen molar-refractivity contribution in [1.29, 1.82) is 5.26 Å². The van der Waals surface area contributed by atoms with Gasteiger partial charge in [-0.2, -0.15) is 5.26 Å². The molecular weight excluding hydrogens is 190 g/mol. The van der Waals surface area contributed by atoms with Gasteiger partial charge in [-0.3, -0.25) is 4.79 Å². The number of halogens is 2. The Morgan fingerprint density at radius 2 is 2.29 bits per heavy atom. The summed E-state index contributed by atoms with van der Waals surface area (Å²) in [5, 5.41) is 8.39. The van der Waals surface area contributed by atoms with Crippen LogP contribution in [0.2, 0.25) is 0 Å². The number of nitriles is 1. The number of pyridine rings is 1. The van der Waals surface area contributed by atoms with E-state index in [0.29, 0.717) is 5.56 Å². The van der Waals surface area contributed by atoms with Crippen LogP contribution in [0.15, 0.2) is 11.0 Å². The molecule has 3 nitrogen and oxygen atoms in total. The first-order valence-corrected chi connectivity index (χ1v) is 3.94. The van der Waals surface area contributed by atoms with E-state index in [9.17, 15) is 13.6 Å². The number of aryl methyl sites for hydroxylation is 1. The van der Waals surface area contributed by atoms with Gasteiger partial charge in [0, 0.05) is 17.3 Å². The Bertz CT molecular complexity index is 431. The molecule has 1 rings (SSSR count). The summed E-state index contributed by atoms with van der Waals surface area (Å²) in [6.45, 7) is 1.51. The second-order valence-electron chi connectivity index (χ2n) is 2.83. The number of aromatic amines is 1. The molecule has 0 aliphatic rings. The molecule has 0 aliphatic carbocycles. The van der Waals surface area contributed by atoms with Gasteiger partial charge in [0.15, 0.2) is 5.43 Å². The van der Waals surface area contributed by atoms with Gasteiger partial charge in [0.25, 0.3) is 6.43 Å². The van der Waals surface area contributed by atoms with Crippen molar-refractivity contribution in [2.24, 2.45) is 0 Å². The Hall–Kier alpha value is -1.70. The van der Waals surface area contributed by atoms with E-state index < -0.39 is 17.5 Å². The molecule has 0 unspecified atom stereocenters. The predicted molar refractivity (Wildman–Crippen MR) is 46.1 cm³/mol. The molecule has 1 heterocycles. The van der Waals surface area contributed by atoms with Crippen LogP contribution in [-0.2, 0) is 6.42 Å². The topological polar surface area (TPSA) is 56.6 Å². The second-order valence-corrected chi connectivity index (χ2v) is 2.83. The summed E-state index contributed by atoms with van der Waals surface area (Å²) < 4.78 is 24.8. The van der Waals surface area contributed by atoms with Crippen LogP contribution in [0.4, 0.5) is 8.78 Å². The Balaban J connectivity index is 3.39. The SMILES string of the molecule is Cc1c[nH]c(C(F)F)c(CC#N)c1=O. The average Bonchev–Trinajstić information content (AvgIpc) is 2.13. The van der Waals surface area contributed by atoms with E-state index in [4.69, 9.17) is 5.26 Å². The fourth-order valence-corrected chi connectivity index (χ4v) is 1.15. The summed E-state index contributed by atoms with van der Waals surface area (Å²) in [6.07, 6.45) is -1.83. The first-order chi connectivity index (χ1) is 6.57. The lowest BCUT2D eigenvalue weighted by molar-refractivity contribution is 0.145. The standard InChI is InChI=1S/C9H8F2N2O/c1-5-4-13-7(9(10)11)6(2-3-12)8(5)14/h4,9H,2H2,1H3,(H,13,14). The quantitative estimate of drug-likeness (QED) is 0.786. The molecule has 0 amide bonds. The van der Waals surface area contributed by atoms with Crippen molar-refractivity contribution in [2.45, 2.75) is 19.8 Å². The highest BCUT2D eigenvalue weighted by atomic mass is 19.3. The molecule has 0 saturated carbocycles. The first kappa shape index (κ1) is 10.4. The van der Waals surface area contributed by atoms with Crippen molar-refractivity contribution in [3.05, 3.63) is 33.2 Å². The van der Waals surface area contributed by atoms with Crippen LogP contribution in [0, 0.1) is 18.3 Å². The monoisotopic (exact) mass is 198 g/mol. The van der Waals surface area contributed by atoms with Gasteiger partial charge >= 0.3 is 0 Å². The number of aromatic nitrogens is 1. The lowest BCUT2D eigenvalue weighted by Crippen LogP contribution is -2.16. The van der Waals surface area contributed by atoms with E-state index in [1.165, 1.54) is 13.1 Å². The number of alkyl halides is 2. The lowest BCUT2D eigenvalue weighted by atomic mass is 10.1. The summed E-state index contributed by atoms with van der Waals surface area (Å²) in [5.41, 5.74) is -0.745. The van der Waals surface area contributed by atoms with Crippen molar-refractivity contribution < 1.29 is 8.78 Å². The van der Waals surface area contributed by atoms with Crippen LogP contribution in [0.5, 0.6) is 0 Å². The number of hydrogen-bond donors (Lipinski definition) is 1. The summed E-state index contributed by atoms with van der Waals surface area (Å²) in [7, 11) is 0. The molecular formula is C9H8F2N2O. The zero-order valence-corrected chi connectivity index (χ0v) is 7.47. The van der Waals surface area contributed by atoms with Crippen LogP contribution in [0.25, 0.3) is 0 Å². The minimum atomic E-state index is -2.76. The van der Waals surface area contributed by atoms with E-state index in [1.807, 2.05) is 0 Å². The van der Waals surface area contributed by atoms with Crippen LogP contribution in [0.1, 0.15) is 23.2 Å². The normalized spacial score (nSPS) is 10.2. The van der Waals surface area contributed by atoms with Crippen molar-refractivity contribution in [1.82, 2.24) is 4.98 Å². The van der Waals surface area contributed by atoms with Gasteiger partial charge < -0.3 is 4.98 Å². The molecule has 0 aromatic carbocycles. The van der Waals surface area contributed by atoms with Gasteiger partial charge in [0.1, 0.15) is 0 Å². The largest absolute Gasteiger partial charge is 0.360 e. The number of hydrogen-bond acceptors (Lipinski definition) is 2. The van der Waals surface area contributed by atoms with Gasteiger partial charge in [0.2, 0.25) is 0 Å². The van der Waals surface area contributed by atoms with Crippen molar-refractivity contribution in [3.8, 4) is 6.07 Å². The van der Waals surface area contributed by atoms with Gasteiger partial charge in [-0.25, -0.2) is 8.78 Å². The third-order valence-corrected chi connectivity index (χ3v) is 1.88. The third kappa shape index (κ3) is 1.79. The minimum Gasteiger partial charge on any atom is -0.360 e. The first-order valence-electron chi connectivity index (χ1n) is 3.94. The Morgan fingerprint density at radius 3 is 2.79 bits per heavy atom. The highest BCUT2D eigenvalue weighted by Gasteiger charge is 2.16. The lowest BCUT2D eigenvalue weighted by Gasteiger charge is -2.05. The molecule has 0 spiro atoms. The van der Waals surface area contributed by atoms with Crippen LogP contribution in [0.3, 0.4) is 0 Å². The summed E-state index contributed by atoms with van der Waals surface area (Å²) in [4.78, 5) is 13.7. The highest BCUT2D eigenvalue weighted by Crippen LogP contribution is 2.18. The van der Waals surface area contributed by atoms with E-state index in [-0.39, 0.29) is 12.0 Å². The van der Waals surface area contributed by atoms with E-state index in [1.54, 1.807) is 6.07 Å². The molecule has 1 aromatic heterocycles. The molecule has 1 aromatic rings. The van der Waals surface area contributed by atoms with Gasteiger partial charge in [-0.15, -0.1) is 0 Å². The molecule has 0 radical (unpaired) electrons. The molecule has 0 bridgehead atoms. The van der Waals surface area contributed by atoms with Gasteiger partial charge in [-0.1, -0.05) is 0 Å². The Labute approximate surface area is 79.0 Å². The fraction of sp³-hybridized carbons (Fsp3) is 0.333. The van der Waals surface area contributed by atoms with E-state index in [2.05, 4.69) is 4.98 Å². The van der Waals surface area contributed by atoms with Crippen LogP contribution < -0.4 is 5.43 Å². The van der Waals surface area contributed by atoms with Gasteiger partial charge in [-0.05, 0) is 6.92 Å². The number of nitrogens with zero attached hydrogens (tertiary/aromatic N) is 1. The zero-order chi connectivity index (χ0) is 10.7. The second kappa shape index (κ2) is 4.01. The van der Waals surface area contributed by atoms with Gasteiger partial charge in [0.05, 0.1) is 18.2 Å². The third-order valence-electron chi connectivity index (χ3n) is 1.88. The smallest absolute Gasteiger partial charge is 0.278 e. The fourth-order valence-electron chi connectivity index (χ4n) is 1.15. The maximum absolute atomic E-state index is 12.4. The highest BCUT2D eigenvalue weighted by molar-refractivity contribution is 5.28. The molecule has 0 fully saturated rings. The maximum atomic E-state index is 12.4. The van der Waals surface area contributed by atoms with Crippen LogP contribution >= 0.6 is 0 Å². The number of H-pyrrole nitrogens is 1. The summed E-state index contributed by atoms with van der Waals surface area (Å²) in [5.74, 6) is 0. The Kier molecular flexibility index (Phi) is 2.97. The van der Waals surface area contributed by atoms with E-state index >= 15 is 0 Å². The van der Waals surface area contributed by atoms with Crippen LogP contribution in [-0.4, -0.2) is 4.98 Å². The Morgan fingerprint density at radius 1 is 1.64 bits per heavy atom. The van der Waals surface area contributed by atoms with E-state index in [0.717, 1.165) is 0 Å². The maximum Gasteiger partial charge on any atom is 0.278 e. The van der Waals surface area contributed by atoms with Crippen molar-refractivity contribution in [2.75, 3.05) is 0 Å². The molecule has 5 heteroatoms. The minimum absolute atomic E-state index is 0.137. The molecule has 0 atom stereocenters. The summed E-state index contributed by atoms with van der Waals surface area (Å²) in [6, 6.07) is 1.69.